The zero-order valence-corrected chi connectivity index (χ0v) is 16.6. The molecule has 2 heterocycles. The molecule has 0 amide bonds. The molecule has 0 saturated carbocycles. The van der Waals surface area contributed by atoms with E-state index < -0.39 is 5.60 Å². The summed E-state index contributed by atoms with van der Waals surface area (Å²) in [6, 6.07) is 14.3. The smallest absolute Gasteiger partial charge is 0.136 e. The van der Waals surface area contributed by atoms with Gasteiger partial charge in [0.1, 0.15) is 17.1 Å². The van der Waals surface area contributed by atoms with Crippen LogP contribution in [0, 0.1) is 0 Å². The first kappa shape index (κ1) is 20.6. The number of benzene rings is 1. The Hall–Kier alpha value is -2.14. The van der Waals surface area contributed by atoms with Gasteiger partial charge in [-0.05, 0) is 30.5 Å². The molecule has 0 unspecified atom stereocenters. The summed E-state index contributed by atoms with van der Waals surface area (Å²) in [4.78, 5) is 2.36. The summed E-state index contributed by atoms with van der Waals surface area (Å²) in [5.74, 6) is 1.41. The van der Waals surface area contributed by atoms with Crippen molar-refractivity contribution >= 4 is 0 Å². The Labute approximate surface area is 168 Å². The molecule has 4 nitrogen and oxygen atoms in total. The lowest BCUT2D eigenvalue weighted by Crippen LogP contribution is -2.31. The third-order valence-corrected chi connectivity index (χ3v) is 5.20. The van der Waals surface area contributed by atoms with Gasteiger partial charge in [0.2, 0.25) is 0 Å². The number of nitrogens with zero attached hydrogens (tertiary/aromatic N) is 1. The number of hydrogen-bond acceptors (Lipinski definition) is 4. The molecule has 1 saturated heterocycles. The van der Waals surface area contributed by atoms with Crippen molar-refractivity contribution in [1.29, 1.82) is 0 Å². The van der Waals surface area contributed by atoms with Crippen LogP contribution in [-0.2, 0) is 23.4 Å². The van der Waals surface area contributed by atoms with Crippen molar-refractivity contribution in [2.45, 2.75) is 50.5 Å². The lowest BCUT2D eigenvalue weighted by atomic mass is 9.93. The lowest BCUT2D eigenvalue weighted by Gasteiger charge is -2.25. The molecule has 1 fully saturated rings. The van der Waals surface area contributed by atoms with Gasteiger partial charge in [-0.15, -0.1) is 13.2 Å². The quantitative estimate of drug-likeness (QED) is 0.568. The Bertz CT molecular complexity index is 736. The highest BCUT2D eigenvalue weighted by Gasteiger charge is 2.30. The molecule has 1 aliphatic rings. The van der Waals surface area contributed by atoms with E-state index in [-0.39, 0.29) is 6.10 Å². The summed E-state index contributed by atoms with van der Waals surface area (Å²) in [5, 5.41) is 10.9. The van der Waals surface area contributed by atoms with E-state index >= 15 is 0 Å². The molecule has 1 aliphatic heterocycles. The van der Waals surface area contributed by atoms with Crippen molar-refractivity contribution < 1.29 is 14.3 Å². The minimum atomic E-state index is -1.08. The summed E-state index contributed by atoms with van der Waals surface area (Å²) in [5.41, 5.74) is 0.183. The van der Waals surface area contributed by atoms with E-state index in [0.717, 1.165) is 38.3 Å². The second-order valence-corrected chi connectivity index (χ2v) is 7.57. The van der Waals surface area contributed by atoms with Gasteiger partial charge >= 0.3 is 0 Å². The molecule has 1 aromatic heterocycles. The maximum absolute atomic E-state index is 10.9. The number of ether oxygens (including phenoxy) is 1. The average Bonchev–Trinajstić information content (AvgIpc) is 3.35. The highest BCUT2D eigenvalue weighted by Crippen LogP contribution is 2.31. The molecule has 2 aromatic rings. The van der Waals surface area contributed by atoms with E-state index in [1.165, 1.54) is 5.56 Å². The molecule has 0 bridgehead atoms. The first-order valence-electron chi connectivity index (χ1n) is 10.0. The van der Waals surface area contributed by atoms with Crippen LogP contribution in [0.2, 0.25) is 0 Å². The van der Waals surface area contributed by atoms with Crippen LogP contribution in [0.5, 0.6) is 0 Å². The van der Waals surface area contributed by atoms with Crippen LogP contribution in [-0.4, -0.2) is 29.3 Å². The maximum atomic E-state index is 10.9. The zero-order valence-electron chi connectivity index (χ0n) is 16.6. The van der Waals surface area contributed by atoms with Gasteiger partial charge < -0.3 is 14.3 Å². The van der Waals surface area contributed by atoms with E-state index in [4.69, 9.17) is 9.15 Å². The molecule has 150 valence electrons. The van der Waals surface area contributed by atoms with Gasteiger partial charge in [-0.1, -0.05) is 42.5 Å². The predicted molar refractivity (Wildman–Crippen MR) is 112 cm³/mol. The summed E-state index contributed by atoms with van der Waals surface area (Å²) in [6.45, 7) is 10.7. The van der Waals surface area contributed by atoms with Crippen LogP contribution in [0.25, 0.3) is 0 Å². The molecular weight excluding hydrogens is 350 g/mol. The van der Waals surface area contributed by atoms with Gasteiger partial charge in [0, 0.05) is 32.5 Å². The Morgan fingerprint density at radius 2 is 1.82 bits per heavy atom. The van der Waals surface area contributed by atoms with Crippen LogP contribution >= 0.6 is 0 Å². The molecule has 0 radical (unpaired) electrons. The summed E-state index contributed by atoms with van der Waals surface area (Å²) in [7, 11) is 0. The highest BCUT2D eigenvalue weighted by molar-refractivity contribution is 5.18. The van der Waals surface area contributed by atoms with Crippen molar-refractivity contribution in [3.63, 3.8) is 0 Å². The molecular formula is C24H31NO3. The summed E-state index contributed by atoms with van der Waals surface area (Å²) >= 11 is 0. The van der Waals surface area contributed by atoms with Crippen LogP contribution in [0.15, 0.2) is 72.2 Å². The molecule has 3 rings (SSSR count). The summed E-state index contributed by atoms with van der Waals surface area (Å²) < 4.78 is 11.9. The van der Waals surface area contributed by atoms with Crippen LogP contribution in [0.1, 0.15) is 42.8 Å². The summed E-state index contributed by atoms with van der Waals surface area (Å²) in [6.07, 6.45) is 6.79. The topological polar surface area (TPSA) is 45.8 Å². The van der Waals surface area contributed by atoms with Gasteiger partial charge in [-0.25, -0.2) is 0 Å². The zero-order chi connectivity index (χ0) is 19.8. The normalized spacial score (nSPS) is 17.1. The SMILES string of the molecule is C=CCC(O)(CC=C)c1ccc(CN(Cc2ccccc2)C[C@@H]2CCCO2)o1. The van der Waals surface area contributed by atoms with Gasteiger partial charge in [0.25, 0.3) is 0 Å². The van der Waals surface area contributed by atoms with Gasteiger partial charge in [0.05, 0.1) is 12.6 Å². The first-order chi connectivity index (χ1) is 13.6. The molecule has 1 atom stereocenters. The second kappa shape index (κ2) is 9.87. The fraction of sp³-hybridized carbons (Fsp3) is 0.417. The Morgan fingerprint density at radius 3 is 2.46 bits per heavy atom. The van der Waals surface area contributed by atoms with Crippen LogP contribution in [0.4, 0.5) is 0 Å². The molecule has 0 aliphatic carbocycles. The highest BCUT2D eigenvalue weighted by atomic mass is 16.5. The third-order valence-electron chi connectivity index (χ3n) is 5.20. The second-order valence-electron chi connectivity index (χ2n) is 7.57. The van der Waals surface area contributed by atoms with Crippen molar-refractivity contribution in [1.82, 2.24) is 4.90 Å². The maximum Gasteiger partial charge on any atom is 0.136 e. The van der Waals surface area contributed by atoms with Crippen LogP contribution in [0.3, 0.4) is 0 Å². The first-order valence-corrected chi connectivity index (χ1v) is 10.0. The number of rotatable bonds is 11. The monoisotopic (exact) mass is 381 g/mol. The minimum absolute atomic E-state index is 0.275. The Kier molecular flexibility index (Phi) is 7.26. The Morgan fingerprint density at radius 1 is 1.07 bits per heavy atom. The molecule has 28 heavy (non-hydrogen) atoms. The largest absolute Gasteiger partial charge is 0.462 e. The van der Waals surface area contributed by atoms with Crippen molar-refractivity contribution in [3.8, 4) is 0 Å². The standard InChI is InChI=1S/C24H31NO3/c1-3-14-24(26,15-4-2)23-13-12-22(28-23)19-25(18-21-11-8-16-27-21)17-20-9-6-5-7-10-20/h3-7,9-10,12-13,21,26H,1-2,8,11,14-19H2/t21-/m0/s1. The number of hydrogen-bond donors (Lipinski definition) is 1. The predicted octanol–water partition coefficient (Wildman–Crippen LogP) is 4.80. The Balaban J connectivity index is 1.73. The van der Waals surface area contributed by atoms with E-state index in [1.807, 2.05) is 18.2 Å². The molecule has 0 spiro atoms. The average molecular weight is 382 g/mol. The van der Waals surface area contributed by atoms with Crippen molar-refractivity contribution in [3.05, 3.63) is 84.9 Å². The van der Waals surface area contributed by atoms with Gasteiger partial charge in [-0.3, -0.25) is 4.90 Å². The molecule has 4 heteroatoms. The van der Waals surface area contributed by atoms with E-state index in [1.54, 1.807) is 12.2 Å². The van der Waals surface area contributed by atoms with Crippen LogP contribution < -0.4 is 0 Å². The van der Waals surface area contributed by atoms with E-state index in [2.05, 4.69) is 42.3 Å². The fourth-order valence-corrected chi connectivity index (χ4v) is 3.80. The van der Waals surface area contributed by atoms with Gasteiger partial charge in [-0.2, -0.15) is 0 Å². The third kappa shape index (κ3) is 5.44. The van der Waals surface area contributed by atoms with Gasteiger partial charge in [0.15, 0.2) is 0 Å². The fourth-order valence-electron chi connectivity index (χ4n) is 3.80. The molecule has 1 N–H and O–H groups in total. The van der Waals surface area contributed by atoms with Crippen molar-refractivity contribution in [2.75, 3.05) is 13.2 Å². The lowest BCUT2D eigenvalue weighted by molar-refractivity contribution is 0.0177. The van der Waals surface area contributed by atoms with Crippen molar-refractivity contribution in [2.24, 2.45) is 0 Å². The number of furan rings is 1. The van der Waals surface area contributed by atoms with E-state index in [0.29, 0.717) is 25.1 Å². The minimum Gasteiger partial charge on any atom is -0.462 e. The van der Waals surface area contributed by atoms with E-state index in [9.17, 15) is 5.11 Å². The number of aliphatic hydroxyl groups is 1. The molecule has 1 aromatic carbocycles.